The van der Waals surface area contributed by atoms with E-state index in [0.29, 0.717) is 5.92 Å². The zero-order valence-electron chi connectivity index (χ0n) is 10.6. The lowest BCUT2D eigenvalue weighted by molar-refractivity contribution is -0.144. The second kappa shape index (κ2) is 6.21. The summed E-state index contributed by atoms with van der Waals surface area (Å²) < 4.78 is 0. The van der Waals surface area contributed by atoms with E-state index in [-0.39, 0.29) is 6.04 Å². The first-order valence-electron chi connectivity index (χ1n) is 6.17. The van der Waals surface area contributed by atoms with E-state index in [1.54, 1.807) is 0 Å². The molecule has 1 unspecified atom stereocenters. The van der Waals surface area contributed by atoms with Gasteiger partial charge < -0.3 is 10.0 Å². The van der Waals surface area contributed by atoms with Gasteiger partial charge in [0.25, 0.3) is 0 Å². The van der Waals surface area contributed by atoms with E-state index in [1.807, 2.05) is 14.1 Å². The molecule has 1 saturated carbocycles. The summed E-state index contributed by atoms with van der Waals surface area (Å²) in [6.07, 6.45) is 3.18. The molecule has 0 amide bonds. The minimum Gasteiger partial charge on any atom is -0.480 e. The van der Waals surface area contributed by atoms with E-state index in [4.69, 9.17) is 0 Å². The Morgan fingerprint density at radius 3 is 2.31 bits per heavy atom. The number of hydrogen-bond donors (Lipinski definition) is 1. The van der Waals surface area contributed by atoms with Crippen LogP contribution in [0.4, 0.5) is 0 Å². The molecule has 94 valence electrons. The lowest BCUT2D eigenvalue weighted by atomic mass is 10.1. The number of hydrogen-bond acceptors (Lipinski definition) is 3. The van der Waals surface area contributed by atoms with Crippen LogP contribution in [0.2, 0.25) is 0 Å². The van der Waals surface area contributed by atoms with Crippen LogP contribution < -0.4 is 0 Å². The Bertz CT molecular complexity index is 227. The van der Waals surface area contributed by atoms with E-state index >= 15 is 0 Å². The minimum absolute atomic E-state index is 0.250. The van der Waals surface area contributed by atoms with Crippen molar-refractivity contribution in [2.24, 2.45) is 5.92 Å². The molecule has 0 radical (unpaired) electrons. The average Bonchev–Trinajstić information content (AvgIpc) is 2.98. The standard InChI is InChI=1S/C12H24N2O2/c1-4-7-14(9-8-13(2)3)11(12(15)16)10-5-6-10/h10-11H,4-9H2,1-3H3,(H,15,16). The third-order valence-corrected chi connectivity index (χ3v) is 3.06. The second-order valence-electron chi connectivity index (χ2n) is 4.96. The van der Waals surface area contributed by atoms with Crippen LogP contribution in [0.1, 0.15) is 26.2 Å². The molecule has 0 bridgehead atoms. The molecular weight excluding hydrogens is 204 g/mol. The zero-order valence-corrected chi connectivity index (χ0v) is 10.6. The fraction of sp³-hybridized carbons (Fsp3) is 0.917. The molecule has 1 aliphatic rings. The van der Waals surface area contributed by atoms with Crippen molar-refractivity contribution in [2.45, 2.75) is 32.2 Å². The Labute approximate surface area is 98.2 Å². The SMILES string of the molecule is CCCN(CCN(C)C)C(C(=O)O)C1CC1. The van der Waals surface area contributed by atoms with Crippen molar-refractivity contribution >= 4 is 5.97 Å². The number of carboxylic acid groups (broad SMARTS) is 1. The highest BCUT2D eigenvalue weighted by atomic mass is 16.4. The lowest BCUT2D eigenvalue weighted by Gasteiger charge is -2.29. The molecule has 16 heavy (non-hydrogen) atoms. The summed E-state index contributed by atoms with van der Waals surface area (Å²) in [5.41, 5.74) is 0. The van der Waals surface area contributed by atoms with Crippen LogP contribution in [0.15, 0.2) is 0 Å². The highest BCUT2D eigenvalue weighted by Crippen LogP contribution is 2.35. The smallest absolute Gasteiger partial charge is 0.321 e. The molecule has 4 nitrogen and oxygen atoms in total. The quantitative estimate of drug-likeness (QED) is 0.676. The van der Waals surface area contributed by atoms with Crippen LogP contribution in [-0.2, 0) is 4.79 Å². The fourth-order valence-electron chi connectivity index (χ4n) is 2.07. The van der Waals surface area contributed by atoms with Gasteiger partial charge in [-0.2, -0.15) is 0 Å². The number of rotatable bonds is 8. The van der Waals surface area contributed by atoms with Gasteiger partial charge in [-0.05, 0) is 45.8 Å². The molecule has 0 aromatic carbocycles. The van der Waals surface area contributed by atoms with Gasteiger partial charge in [-0.1, -0.05) is 6.92 Å². The third-order valence-electron chi connectivity index (χ3n) is 3.06. The molecule has 0 aromatic rings. The Morgan fingerprint density at radius 1 is 1.31 bits per heavy atom. The first-order valence-corrected chi connectivity index (χ1v) is 6.17. The summed E-state index contributed by atoms with van der Waals surface area (Å²) in [4.78, 5) is 15.5. The molecule has 1 aliphatic carbocycles. The van der Waals surface area contributed by atoms with Crippen molar-refractivity contribution < 1.29 is 9.90 Å². The maximum absolute atomic E-state index is 11.3. The van der Waals surface area contributed by atoms with Crippen molar-refractivity contribution in [3.05, 3.63) is 0 Å². The van der Waals surface area contributed by atoms with Gasteiger partial charge >= 0.3 is 5.97 Å². The van der Waals surface area contributed by atoms with E-state index < -0.39 is 5.97 Å². The summed E-state index contributed by atoms with van der Waals surface area (Å²) in [5, 5.41) is 9.29. The molecule has 0 aliphatic heterocycles. The number of nitrogens with zero attached hydrogens (tertiary/aromatic N) is 2. The summed E-state index contributed by atoms with van der Waals surface area (Å²) in [6.45, 7) is 4.78. The molecule has 1 rings (SSSR count). The van der Waals surface area contributed by atoms with Crippen LogP contribution >= 0.6 is 0 Å². The summed E-state index contributed by atoms with van der Waals surface area (Å²) in [5.74, 6) is -0.249. The molecule has 1 N–H and O–H groups in total. The van der Waals surface area contributed by atoms with Crippen LogP contribution in [0, 0.1) is 5.92 Å². The Morgan fingerprint density at radius 2 is 1.94 bits per heavy atom. The van der Waals surface area contributed by atoms with Gasteiger partial charge in [-0.25, -0.2) is 0 Å². The topological polar surface area (TPSA) is 43.8 Å². The van der Waals surface area contributed by atoms with Crippen LogP contribution in [0.25, 0.3) is 0 Å². The number of carbonyl (C=O) groups is 1. The van der Waals surface area contributed by atoms with E-state index in [0.717, 1.165) is 38.9 Å². The van der Waals surface area contributed by atoms with Crippen molar-refractivity contribution in [1.29, 1.82) is 0 Å². The number of likely N-dealkylation sites (N-methyl/N-ethyl adjacent to an activating group) is 1. The largest absolute Gasteiger partial charge is 0.480 e. The Hall–Kier alpha value is -0.610. The van der Waals surface area contributed by atoms with Gasteiger partial charge in [0, 0.05) is 13.1 Å². The van der Waals surface area contributed by atoms with Crippen molar-refractivity contribution in [3.63, 3.8) is 0 Å². The maximum atomic E-state index is 11.3. The van der Waals surface area contributed by atoms with Crippen molar-refractivity contribution in [3.8, 4) is 0 Å². The van der Waals surface area contributed by atoms with Gasteiger partial charge in [0.2, 0.25) is 0 Å². The summed E-state index contributed by atoms with van der Waals surface area (Å²) >= 11 is 0. The summed E-state index contributed by atoms with van der Waals surface area (Å²) in [7, 11) is 4.05. The second-order valence-corrected chi connectivity index (χ2v) is 4.96. The predicted octanol–water partition coefficient (Wildman–Crippen LogP) is 1.12. The number of carboxylic acids is 1. The first-order chi connectivity index (χ1) is 7.56. The lowest BCUT2D eigenvalue weighted by Crippen LogP contribution is -2.46. The van der Waals surface area contributed by atoms with Gasteiger partial charge in [-0.15, -0.1) is 0 Å². The van der Waals surface area contributed by atoms with Crippen LogP contribution in [0.5, 0.6) is 0 Å². The molecule has 0 saturated heterocycles. The highest BCUT2D eigenvalue weighted by molar-refractivity contribution is 5.74. The van der Waals surface area contributed by atoms with Crippen LogP contribution in [0.3, 0.4) is 0 Å². The van der Waals surface area contributed by atoms with Crippen molar-refractivity contribution in [2.75, 3.05) is 33.7 Å². The third kappa shape index (κ3) is 4.10. The van der Waals surface area contributed by atoms with Gasteiger partial charge in [-0.3, -0.25) is 9.69 Å². The van der Waals surface area contributed by atoms with E-state index in [1.165, 1.54) is 0 Å². The van der Waals surface area contributed by atoms with Gasteiger partial charge in [0.05, 0.1) is 0 Å². The Kier molecular flexibility index (Phi) is 5.22. The monoisotopic (exact) mass is 228 g/mol. The summed E-state index contributed by atoms with van der Waals surface area (Å²) in [6, 6.07) is -0.250. The normalized spacial score (nSPS) is 18.1. The molecule has 1 fully saturated rings. The minimum atomic E-state index is -0.644. The molecule has 0 spiro atoms. The first kappa shape index (κ1) is 13.5. The van der Waals surface area contributed by atoms with Crippen molar-refractivity contribution in [1.82, 2.24) is 9.80 Å². The maximum Gasteiger partial charge on any atom is 0.321 e. The molecule has 0 heterocycles. The predicted molar refractivity (Wildman–Crippen MR) is 64.6 cm³/mol. The number of aliphatic carboxylic acids is 1. The van der Waals surface area contributed by atoms with Gasteiger partial charge in [0.15, 0.2) is 0 Å². The van der Waals surface area contributed by atoms with E-state index in [2.05, 4.69) is 16.7 Å². The fourth-order valence-corrected chi connectivity index (χ4v) is 2.07. The van der Waals surface area contributed by atoms with Gasteiger partial charge in [0.1, 0.15) is 6.04 Å². The highest BCUT2D eigenvalue weighted by Gasteiger charge is 2.39. The average molecular weight is 228 g/mol. The molecular formula is C12H24N2O2. The Balaban J connectivity index is 2.54. The van der Waals surface area contributed by atoms with E-state index in [9.17, 15) is 9.90 Å². The van der Waals surface area contributed by atoms with Crippen LogP contribution in [-0.4, -0.2) is 60.6 Å². The molecule has 4 heteroatoms. The molecule has 1 atom stereocenters. The zero-order chi connectivity index (χ0) is 12.1. The molecule has 0 aromatic heterocycles.